The summed E-state index contributed by atoms with van der Waals surface area (Å²) in [5.74, 6) is 1.23. The number of hydrogen-bond donors (Lipinski definition) is 1. The smallest absolute Gasteiger partial charge is 0.0587 e. The molecule has 0 heterocycles. The Morgan fingerprint density at radius 3 is 2.68 bits per heavy atom. The van der Waals surface area contributed by atoms with Crippen LogP contribution in [-0.2, 0) is 4.74 Å². The number of hydrogen-bond acceptors (Lipinski definition) is 2. The molecule has 0 fully saturated rings. The molecule has 0 bridgehead atoms. The zero-order valence-electron chi connectivity index (χ0n) is 12.3. The van der Waals surface area contributed by atoms with Crippen molar-refractivity contribution in [3.63, 3.8) is 0 Å². The molecule has 2 atom stereocenters. The zero-order valence-corrected chi connectivity index (χ0v) is 13.9. The molecule has 0 aliphatic carbocycles. The van der Waals surface area contributed by atoms with Crippen molar-refractivity contribution in [1.29, 1.82) is 0 Å². The topological polar surface area (TPSA) is 21.3 Å². The first-order chi connectivity index (χ1) is 9.20. The number of ether oxygens (including phenoxy) is 1. The highest BCUT2D eigenvalue weighted by Gasteiger charge is 2.20. The first-order valence-electron chi connectivity index (χ1n) is 7.14. The van der Waals surface area contributed by atoms with E-state index >= 15 is 0 Å². The third-order valence-electron chi connectivity index (χ3n) is 3.58. The average molecular weight is 328 g/mol. The second kappa shape index (κ2) is 9.51. The van der Waals surface area contributed by atoms with Crippen molar-refractivity contribution in [2.75, 3.05) is 26.8 Å². The van der Waals surface area contributed by atoms with Gasteiger partial charge in [0.1, 0.15) is 0 Å². The molecule has 0 radical (unpaired) electrons. The summed E-state index contributed by atoms with van der Waals surface area (Å²) >= 11 is 3.69. The van der Waals surface area contributed by atoms with E-state index in [4.69, 9.17) is 4.74 Å². The van der Waals surface area contributed by atoms with E-state index in [0.29, 0.717) is 11.8 Å². The Labute approximate surface area is 126 Å². The molecule has 0 aliphatic rings. The van der Waals surface area contributed by atoms with E-state index in [9.17, 15) is 0 Å². The highest BCUT2D eigenvalue weighted by atomic mass is 79.9. The average Bonchev–Trinajstić information content (AvgIpc) is 2.40. The lowest BCUT2D eigenvalue weighted by atomic mass is 9.84. The number of methoxy groups -OCH3 is 1. The molecule has 1 N–H and O–H groups in total. The molecule has 0 saturated heterocycles. The molecule has 1 aromatic carbocycles. The van der Waals surface area contributed by atoms with Gasteiger partial charge in [-0.05, 0) is 17.5 Å². The van der Waals surface area contributed by atoms with E-state index in [2.05, 4.69) is 59.4 Å². The summed E-state index contributed by atoms with van der Waals surface area (Å²) in [5, 5.41) is 3.51. The molecule has 1 aromatic rings. The van der Waals surface area contributed by atoms with Crippen LogP contribution in [0.3, 0.4) is 0 Å². The second-order valence-corrected chi connectivity index (χ2v) is 5.95. The minimum Gasteiger partial charge on any atom is -0.383 e. The van der Waals surface area contributed by atoms with Crippen molar-refractivity contribution < 1.29 is 4.74 Å². The molecule has 0 spiro atoms. The van der Waals surface area contributed by atoms with Crippen LogP contribution in [0.25, 0.3) is 0 Å². The van der Waals surface area contributed by atoms with Crippen LogP contribution >= 0.6 is 15.9 Å². The number of nitrogens with one attached hydrogen (secondary N) is 1. The van der Waals surface area contributed by atoms with Crippen molar-refractivity contribution in [3.8, 4) is 0 Å². The highest BCUT2D eigenvalue weighted by Crippen LogP contribution is 2.32. The molecule has 1 rings (SSSR count). The van der Waals surface area contributed by atoms with E-state index < -0.39 is 0 Å². The molecule has 0 aromatic heterocycles. The third-order valence-corrected chi connectivity index (χ3v) is 4.30. The summed E-state index contributed by atoms with van der Waals surface area (Å²) in [4.78, 5) is 0. The highest BCUT2D eigenvalue weighted by molar-refractivity contribution is 9.10. The van der Waals surface area contributed by atoms with Crippen molar-refractivity contribution in [2.24, 2.45) is 5.92 Å². The van der Waals surface area contributed by atoms with E-state index in [-0.39, 0.29) is 0 Å². The molecule has 2 nitrogen and oxygen atoms in total. The van der Waals surface area contributed by atoms with Gasteiger partial charge in [0.2, 0.25) is 0 Å². The molecule has 0 saturated carbocycles. The summed E-state index contributed by atoms with van der Waals surface area (Å²) in [5.41, 5.74) is 1.41. The lowest BCUT2D eigenvalue weighted by molar-refractivity contribution is 0.198. The Bertz CT molecular complexity index is 356. The van der Waals surface area contributed by atoms with Crippen LogP contribution in [0.2, 0.25) is 0 Å². The fourth-order valence-corrected chi connectivity index (χ4v) is 3.06. The zero-order chi connectivity index (χ0) is 14.1. The summed E-state index contributed by atoms with van der Waals surface area (Å²) in [6, 6.07) is 8.57. The summed E-state index contributed by atoms with van der Waals surface area (Å²) in [6.45, 7) is 7.30. The van der Waals surface area contributed by atoms with Crippen molar-refractivity contribution in [1.82, 2.24) is 5.32 Å². The fourth-order valence-electron chi connectivity index (χ4n) is 2.48. The van der Waals surface area contributed by atoms with Crippen LogP contribution < -0.4 is 5.32 Å². The van der Waals surface area contributed by atoms with E-state index in [1.54, 1.807) is 7.11 Å². The Hall–Kier alpha value is -0.380. The maximum absolute atomic E-state index is 5.09. The lowest BCUT2D eigenvalue weighted by Crippen LogP contribution is -2.28. The molecular weight excluding hydrogens is 302 g/mol. The van der Waals surface area contributed by atoms with Gasteiger partial charge < -0.3 is 10.1 Å². The van der Waals surface area contributed by atoms with Crippen molar-refractivity contribution in [3.05, 3.63) is 34.3 Å². The van der Waals surface area contributed by atoms with Gasteiger partial charge in [-0.3, -0.25) is 0 Å². The minimum absolute atomic E-state index is 0.549. The van der Waals surface area contributed by atoms with Gasteiger partial charge >= 0.3 is 0 Å². The molecule has 19 heavy (non-hydrogen) atoms. The monoisotopic (exact) mass is 327 g/mol. The van der Waals surface area contributed by atoms with Gasteiger partial charge in [-0.15, -0.1) is 0 Å². The first kappa shape index (κ1) is 16.7. The Balaban J connectivity index is 2.71. The summed E-state index contributed by atoms with van der Waals surface area (Å²) in [6.07, 6.45) is 2.50. The molecule has 108 valence electrons. The molecule has 0 aliphatic heterocycles. The van der Waals surface area contributed by atoms with Crippen LogP contribution in [0.5, 0.6) is 0 Å². The molecular formula is C16H26BrNO. The van der Waals surface area contributed by atoms with E-state index in [1.165, 1.54) is 22.9 Å². The first-order valence-corrected chi connectivity index (χ1v) is 7.94. The van der Waals surface area contributed by atoms with E-state index in [1.807, 2.05) is 0 Å². The van der Waals surface area contributed by atoms with Crippen molar-refractivity contribution in [2.45, 2.75) is 32.6 Å². The van der Waals surface area contributed by atoms with Crippen molar-refractivity contribution >= 4 is 15.9 Å². The minimum atomic E-state index is 0.549. The van der Waals surface area contributed by atoms with E-state index in [0.717, 1.165) is 19.7 Å². The number of halogens is 1. The predicted molar refractivity (Wildman–Crippen MR) is 85.7 cm³/mol. The van der Waals surface area contributed by atoms with Gasteiger partial charge in [-0.1, -0.05) is 60.8 Å². The van der Waals surface area contributed by atoms with Crippen LogP contribution in [0, 0.1) is 5.92 Å². The maximum atomic E-state index is 5.09. The fraction of sp³-hybridized carbons (Fsp3) is 0.625. The van der Waals surface area contributed by atoms with Gasteiger partial charge in [0, 0.05) is 30.6 Å². The Morgan fingerprint density at radius 2 is 2.05 bits per heavy atom. The number of rotatable bonds is 9. The molecule has 0 amide bonds. The lowest BCUT2D eigenvalue weighted by Gasteiger charge is -2.25. The normalized spacial score (nSPS) is 14.3. The Morgan fingerprint density at radius 1 is 1.32 bits per heavy atom. The standard InChI is InChI=1S/C16H26BrNO/c1-4-7-13(2)15(12-18-10-11-19-3)14-8-5-6-9-16(14)17/h5-6,8-9,13,15,18H,4,7,10-12H2,1-3H3. The predicted octanol–water partition coefficient (Wildman–Crippen LogP) is 4.20. The summed E-state index contributed by atoms with van der Waals surface area (Å²) in [7, 11) is 1.74. The van der Waals surface area contributed by atoms with Gasteiger partial charge in [0.15, 0.2) is 0 Å². The quantitative estimate of drug-likeness (QED) is 0.686. The third kappa shape index (κ3) is 5.64. The van der Waals surface area contributed by atoms with Gasteiger partial charge in [-0.2, -0.15) is 0 Å². The van der Waals surface area contributed by atoms with Crippen LogP contribution in [0.15, 0.2) is 28.7 Å². The SMILES string of the molecule is CCCC(C)C(CNCCOC)c1ccccc1Br. The van der Waals surface area contributed by atoms with Crippen LogP contribution in [0.4, 0.5) is 0 Å². The maximum Gasteiger partial charge on any atom is 0.0587 e. The number of benzene rings is 1. The van der Waals surface area contributed by atoms with Gasteiger partial charge in [0.25, 0.3) is 0 Å². The second-order valence-electron chi connectivity index (χ2n) is 5.09. The molecule has 3 heteroatoms. The van der Waals surface area contributed by atoms with Gasteiger partial charge in [-0.25, -0.2) is 0 Å². The molecule has 2 unspecified atom stereocenters. The van der Waals surface area contributed by atoms with Gasteiger partial charge in [0.05, 0.1) is 6.61 Å². The van der Waals surface area contributed by atoms with Crippen LogP contribution in [-0.4, -0.2) is 26.8 Å². The van der Waals surface area contributed by atoms with Crippen LogP contribution in [0.1, 0.15) is 38.2 Å². The summed E-state index contributed by atoms with van der Waals surface area (Å²) < 4.78 is 6.31. The Kier molecular flexibility index (Phi) is 8.35. The largest absolute Gasteiger partial charge is 0.383 e.